The Balaban J connectivity index is 0.000000187. The molecular weight excluding hydrogens is 916 g/mol. The Labute approximate surface area is 400 Å². The van der Waals surface area contributed by atoms with E-state index in [2.05, 4.69) is 70.6 Å². The summed E-state index contributed by atoms with van der Waals surface area (Å²) in [6, 6.07) is 16.4. The number of aromatic nitrogens is 6. The Morgan fingerprint density at radius 3 is 1.68 bits per heavy atom. The second-order valence-corrected chi connectivity index (χ2v) is 19.6. The molecular formula is C54H46ClFeN8O4. The number of rotatable bonds is 8. The molecule has 0 radical (unpaired) electrons. The molecule has 68 heavy (non-hydrogen) atoms. The van der Waals surface area contributed by atoms with E-state index in [1.165, 1.54) is 0 Å². The molecule has 6 aliphatic rings. The van der Waals surface area contributed by atoms with Crippen LogP contribution in [0.1, 0.15) is 89.5 Å². The fourth-order valence-electron chi connectivity index (χ4n) is 9.21. The van der Waals surface area contributed by atoms with Gasteiger partial charge < -0.3 is 9.97 Å². The molecule has 12 nitrogen and oxygen atoms in total. The van der Waals surface area contributed by atoms with Crippen LogP contribution >= 0.6 is 10.1 Å². The summed E-state index contributed by atoms with van der Waals surface area (Å²) in [4.78, 5) is 49.5. The van der Waals surface area contributed by atoms with Crippen LogP contribution in [0.15, 0.2) is 111 Å². The molecule has 6 aliphatic heterocycles. The first kappa shape index (κ1) is 44.3. The fraction of sp³-hybridized carbons (Fsp3) is 0.148. The third kappa shape index (κ3) is 8.08. The van der Waals surface area contributed by atoms with Crippen molar-refractivity contribution in [3.8, 4) is 0 Å². The Bertz CT molecular complexity index is 3510. The summed E-state index contributed by atoms with van der Waals surface area (Å²) in [6.45, 7) is 16.3. The summed E-state index contributed by atoms with van der Waals surface area (Å²) in [5, 5.41) is 20.8. The van der Waals surface area contributed by atoms with Crippen LogP contribution in [0.5, 0.6) is 0 Å². The Hall–Kier alpha value is -7.57. The van der Waals surface area contributed by atoms with Crippen molar-refractivity contribution >= 4 is 110 Å². The molecule has 5 aromatic heterocycles. The number of fused-ring (bicyclic) bond motifs is 10. The number of aliphatic imine (C=N–C) groups is 2. The first-order chi connectivity index (χ1) is 32.8. The van der Waals surface area contributed by atoms with Crippen molar-refractivity contribution in [2.24, 2.45) is 9.98 Å². The van der Waals surface area contributed by atoms with Crippen molar-refractivity contribution in [1.82, 2.24) is 27.1 Å². The molecule has 0 atom stereocenters. The normalized spacial score (nSPS) is 18.2. The van der Waals surface area contributed by atoms with E-state index in [9.17, 15) is 19.8 Å². The van der Waals surface area contributed by atoms with E-state index >= 15 is 0 Å². The van der Waals surface area contributed by atoms with Crippen LogP contribution in [0.3, 0.4) is 0 Å². The zero-order chi connectivity index (χ0) is 47.5. The zero-order valence-corrected chi connectivity index (χ0v) is 39.6. The van der Waals surface area contributed by atoms with Crippen molar-refractivity contribution < 1.29 is 33.2 Å². The zero-order valence-electron chi connectivity index (χ0n) is 37.8. The number of carbonyl (C=O) groups is 2. The maximum absolute atomic E-state index is 11.8. The number of aliphatic carboxylic acids is 2. The Morgan fingerprint density at radius 1 is 0.647 bits per heavy atom. The van der Waals surface area contributed by atoms with Gasteiger partial charge in [0.25, 0.3) is 0 Å². The molecule has 0 saturated heterocycles. The number of hydrogen-bond acceptors (Lipinski definition) is 6. The number of nitrogens with one attached hydrogen (secondary N) is 2. The van der Waals surface area contributed by atoms with Crippen LogP contribution in [-0.2, 0) is 29.4 Å². The van der Waals surface area contributed by atoms with E-state index in [0.29, 0.717) is 12.1 Å². The standard InChI is InChI=1S/C34H34N4O4.C20H14N4.ClH.Fe/c1-7-21-17(3)25-13-26-19(5)23(9-11-33(39)40)31(37-26)16-32-24(10-12-34(41)42)20(6)28(38-32)15-30-22(8-2)18(4)27(36-30)14-29(21)35-25;1-2-14-10-16-5-6-18(23-16)12-20-8-7-19(24-20)11-17-4-3-15(22-17)9-13(1)21-14;;/h7-8,13-16H,1-2,9-12H2,3-6H3,(H4,35,36,37,38,39,40,41,42);1-12,21,24H;1H;/q;;;+3/p-3/b25-13?,26-13-,27-14-,28-15-,29-14?,30-15?,31-16?,32-16-;;;. The summed E-state index contributed by atoms with van der Waals surface area (Å²) < 4.78 is 4.25. The van der Waals surface area contributed by atoms with Gasteiger partial charge in [-0.2, -0.15) is 0 Å². The van der Waals surface area contributed by atoms with Gasteiger partial charge in [0.1, 0.15) is 0 Å². The molecule has 11 heterocycles. The second kappa shape index (κ2) is 17.6. The summed E-state index contributed by atoms with van der Waals surface area (Å²) in [7, 11) is 7.69. The van der Waals surface area contributed by atoms with Crippen molar-refractivity contribution in [3.05, 3.63) is 169 Å². The maximum atomic E-state index is 11.8. The van der Waals surface area contributed by atoms with Crippen molar-refractivity contribution in [1.29, 1.82) is 0 Å². The minimum atomic E-state index is -1.91. The first-order valence-electron chi connectivity index (χ1n) is 22.1. The predicted octanol–water partition coefficient (Wildman–Crippen LogP) is 10.1. The topological polar surface area (TPSA) is 167 Å². The van der Waals surface area contributed by atoms with E-state index in [1.807, 2.05) is 107 Å². The molecule has 11 rings (SSSR count). The molecule has 0 aliphatic carbocycles. The summed E-state index contributed by atoms with van der Waals surface area (Å²) in [5.41, 5.74) is 19.9. The molecule has 0 amide bonds. The minimum absolute atomic E-state index is 0.0370. The number of allylic oxidation sites excluding steroid dienone is 5. The van der Waals surface area contributed by atoms with E-state index in [1.54, 1.807) is 0 Å². The number of hydrogen-bond donors (Lipinski definition) is 4. The number of aromatic amines is 2. The summed E-state index contributed by atoms with van der Waals surface area (Å²) in [5.74, 6) is -1.78. The fourth-order valence-corrected chi connectivity index (χ4v) is 12.3. The van der Waals surface area contributed by atoms with Crippen molar-refractivity contribution in [2.75, 3.05) is 0 Å². The van der Waals surface area contributed by atoms with Crippen LogP contribution in [-0.4, -0.2) is 60.7 Å². The number of carboxylic acid groups (broad SMARTS) is 2. The van der Waals surface area contributed by atoms with Gasteiger partial charge in [0.05, 0.1) is 22.8 Å². The van der Waals surface area contributed by atoms with Gasteiger partial charge in [-0.05, 0) is 72.8 Å². The van der Waals surface area contributed by atoms with Crippen LogP contribution in [0, 0.1) is 13.8 Å². The molecule has 14 bridgehead atoms. The molecule has 14 heteroatoms. The molecule has 0 aromatic carbocycles. The van der Waals surface area contributed by atoms with E-state index in [0.717, 1.165) is 129 Å². The molecule has 0 saturated carbocycles. The predicted molar refractivity (Wildman–Crippen MR) is 271 cm³/mol. The third-order valence-electron chi connectivity index (χ3n) is 12.7. The van der Waals surface area contributed by atoms with Gasteiger partial charge in [-0.15, -0.1) is 0 Å². The van der Waals surface area contributed by atoms with Crippen molar-refractivity contribution in [2.45, 2.75) is 53.4 Å². The second-order valence-electron chi connectivity index (χ2n) is 17.0. The molecule has 0 unspecified atom stereocenters. The van der Waals surface area contributed by atoms with E-state index in [4.69, 9.17) is 20.1 Å². The number of halogens is 1. The van der Waals surface area contributed by atoms with Gasteiger partial charge in [0.2, 0.25) is 0 Å². The quantitative estimate of drug-likeness (QED) is 0.111. The summed E-state index contributed by atoms with van der Waals surface area (Å²) in [6.07, 6.45) is 20.3. The molecule has 5 aromatic rings. The monoisotopic (exact) mass is 961 g/mol. The molecule has 0 spiro atoms. The molecule has 341 valence electrons. The molecule has 0 fully saturated rings. The van der Waals surface area contributed by atoms with Gasteiger partial charge in [0, 0.05) is 22.1 Å². The SMILES string of the molecule is C1=Cc2cc3ccc(cc4nc(cc5ccc(cc1n2)[nH]5)C=C4)[nH]3.C=CC1=C(C)/C2=C/c3c(C=C)c(C)c4[n]3[Fe]([Cl])[n]3/c(c(C)c(CCC(=O)O)/c3=C/C3=NC(=C\4)/C(C)=C3CCC(=O)O)=C\C1=N2. The third-order valence-corrected chi connectivity index (χ3v) is 15.6. The van der Waals surface area contributed by atoms with Gasteiger partial charge in [0.15, 0.2) is 0 Å². The molecule has 4 N–H and O–H groups in total. The average molecular weight is 962 g/mol. The van der Waals surface area contributed by atoms with Gasteiger partial charge >= 0.3 is 265 Å². The van der Waals surface area contributed by atoms with E-state index in [-0.39, 0.29) is 19.3 Å². The van der Waals surface area contributed by atoms with Crippen LogP contribution in [0.4, 0.5) is 0 Å². The Morgan fingerprint density at radius 2 is 1.15 bits per heavy atom. The van der Waals surface area contributed by atoms with Crippen LogP contribution in [0.2, 0.25) is 0 Å². The van der Waals surface area contributed by atoms with Gasteiger partial charge in [-0.1, -0.05) is 0 Å². The average Bonchev–Trinajstić information content (AvgIpc) is 4.19. The van der Waals surface area contributed by atoms with Gasteiger partial charge in [-0.3, -0.25) is 0 Å². The number of nitrogens with zero attached hydrogens (tertiary/aromatic N) is 6. The van der Waals surface area contributed by atoms with Gasteiger partial charge in [-0.25, -0.2) is 9.97 Å². The first-order valence-corrected chi connectivity index (χ1v) is 24.6. The van der Waals surface area contributed by atoms with Crippen molar-refractivity contribution in [3.63, 3.8) is 0 Å². The Kier molecular flexibility index (Phi) is 11.4. The van der Waals surface area contributed by atoms with E-state index < -0.39 is 25.4 Å². The van der Waals surface area contributed by atoms with Crippen LogP contribution in [0.25, 0.3) is 76.8 Å². The van der Waals surface area contributed by atoms with Crippen LogP contribution < -0.4 is 10.7 Å². The summed E-state index contributed by atoms with van der Waals surface area (Å²) >= 11 is -1.91. The number of H-pyrrole nitrogens is 2. The number of carboxylic acids is 2.